The van der Waals surface area contributed by atoms with Gasteiger partial charge in [0.25, 0.3) is 0 Å². The van der Waals surface area contributed by atoms with Crippen LogP contribution in [0.2, 0.25) is 0 Å². The van der Waals surface area contributed by atoms with Crippen LogP contribution in [0.3, 0.4) is 0 Å². The highest BCUT2D eigenvalue weighted by Gasteiger charge is 2.22. The Balaban J connectivity index is 1.11. The predicted octanol–water partition coefficient (Wildman–Crippen LogP) is 16.1. The lowest BCUT2D eigenvalue weighted by atomic mass is 9.90. The molecule has 0 aliphatic heterocycles. The van der Waals surface area contributed by atoms with Crippen LogP contribution in [0.4, 0.5) is 17.1 Å². The molecule has 1 aromatic heterocycles. The highest BCUT2D eigenvalue weighted by Crippen LogP contribution is 2.46. The van der Waals surface area contributed by atoms with Gasteiger partial charge in [0.15, 0.2) is 0 Å². The molecular weight excluding hydrogens is 725 g/mol. The highest BCUT2D eigenvalue weighted by molar-refractivity contribution is 6.12. The number of rotatable bonds is 8. The Hall–Kier alpha value is -7.94. The lowest BCUT2D eigenvalue weighted by molar-refractivity contribution is 1.18. The second-order valence-corrected chi connectivity index (χ2v) is 15.3. The topological polar surface area (TPSA) is 8.17 Å². The highest BCUT2D eigenvalue weighted by atomic mass is 15.1. The largest absolute Gasteiger partial charge is 0.310 e. The molecule has 0 spiro atoms. The fourth-order valence-electron chi connectivity index (χ4n) is 8.99. The van der Waals surface area contributed by atoms with E-state index in [0.29, 0.717) is 0 Å². The van der Waals surface area contributed by atoms with Crippen LogP contribution in [0.15, 0.2) is 243 Å². The van der Waals surface area contributed by atoms with Crippen LogP contribution in [0, 0.1) is 0 Å². The average Bonchev–Trinajstić information content (AvgIpc) is 3.66. The molecule has 11 aromatic rings. The van der Waals surface area contributed by atoms with Crippen molar-refractivity contribution in [1.29, 1.82) is 0 Å². The van der Waals surface area contributed by atoms with Gasteiger partial charge in [0.05, 0.1) is 16.7 Å². The van der Waals surface area contributed by atoms with Gasteiger partial charge >= 0.3 is 0 Å². The van der Waals surface area contributed by atoms with Gasteiger partial charge in [-0.05, 0) is 98.2 Å². The Morgan fingerprint density at radius 3 is 1.50 bits per heavy atom. The van der Waals surface area contributed by atoms with Crippen LogP contribution in [-0.4, -0.2) is 4.57 Å². The van der Waals surface area contributed by atoms with Gasteiger partial charge in [-0.1, -0.05) is 194 Å². The summed E-state index contributed by atoms with van der Waals surface area (Å²) < 4.78 is 2.40. The molecule has 282 valence electrons. The number of aromatic nitrogens is 1. The maximum absolute atomic E-state index is 2.44. The van der Waals surface area contributed by atoms with E-state index in [0.717, 1.165) is 33.8 Å². The zero-order chi connectivity index (χ0) is 39.8. The normalized spacial score (nSPS) is 11.3. The SMILES string of the molecule is c1ccc(-c2ccc(-c3ccc(N(c4ccc5c6ccccc6n(-c6ccccc6)c5c4)c4ccccc4-c4cccc5cccc(-c6ccccc6)c45)cc3)cc2)cc1. The second-order valence-electron chi connectivity index (χ2n) is 15.3. The Kier molecular flexibility index (Phi) is 8.87. The number of nitrogens with zero attached hydrogens (tertiary/aromatic N) is 2. The molecular formula is C58H40N2. The van der Waals surface area contributed by atoms with Crippen LogP contribution >= 0.6 is 0 Å². The monoisotopic (exact) mass is 764 g/mol. The molecule has 0 bridgehead atoms. The molecule has 2 nitrogen and oxygen atoms in total. The summed E-state index contributed by atoms with van der Waals surface area (Å²) in [6.07, 6.45) is 0. The van der Waals surface area contributed by atoms with Crippen molar-refractivity contribution in [2.45, 2.75) is 0 Å². The van der Waals surface area contributed by atoms with E-state index in [-0.39, 0.29) is 0 Å². The zero-order valence-corrected chi connectivity index (χ0v) is 33.0. The van der Waals surface area contributed by atoms with Crippen molar-refractivity contribution in [1.82, 2.24) is 4.57 Å². The first kappa shape index (κ1) is 35.2. The minimum absolute atomic E-state index is 1.08. The molecule has 0 radical (unpaired) electrons. The van der Waals surface area contributed by atoms with Crippen molar-refractivity contribution in [3.05, 3.63) is 243 Å². The van der Waals surface area contributed by atoms with Gasteiger partial charge in [-0.25, -0.2) is 0 Å². The Bertz CT molecular complexity index is 3270. The van der Waals surface area contributed by atoms with E-state index in [1.807, 2.05) is 0 Å². The standard InChI is InChI=1S/C58H40N2/c1-4-16-41(17-5-1)42-30-32-43(33-31-42)44-34-36-48(37-35-44)59(49-38-39-53-51-24-10-13-29-56(51)60(57(53)40-49)47-22-8-3-9-23-47)55-28-12-11-25-52(55)54-27-15-21-46-20-14-26-50(58(46)54)45-18-6-2-7-19-45/h1-40H. The number of hydrogen-bond donors (Lipinski definition) is 0. The number of hydrogen-bond acceptors (Lipinski definition) is 1. The van der Waals surface area contributed by atoms with E-state index in [1.54, 1.807) is 0 Å². The Labute approximate surface area is 350 Å². The lowest BCUT2D eigenvalue weighted by Gasteiger charge is -2.29. The van der Waals surface area contributed by atoms with Crippen LogP contribution in [0.5, 0.6) is 0 Å². The second kappa shape index (κ2) is 15.1. The molecule has 0 amide bonds. The zero-order valence-electron chi connectivity index (χ0n) is 33.0. The van der Waals surface area contributed by atoms with Gasteiger partial charge in [-0.15, -0.1) is 0 Å². The fraction of sp³-hybridized carbons (Fsp3) is 0. The van der Waals surface area contributed by atoms with Gasteiger partial charge < -0.3 is 9.47 Å². The van der Waals surface area contributed by atoms with Gasteiger partial charge in [0.2, 0.25) is 0 Å². The molecule has 0 aliphatic carbocycles. The molecule has 60 heavy (non-hydrogen) atoms. The third-order valence-electron chi connectivity index (χ3n) is 11.8. The molecule has 0 unspecified atom stereocenters. The maximum atomic E-state index is 2.44. The maximum Gasteiger partial charge on any atom is 0.0561 e. The number of para-hydroxylation sites is 3. The summed E-state index contributed by atoms with van der Waals surface area (Å²) in [5.41, 5.74) is 16.3. The van der Waals surface area contributed by atoms with Crippen molar-refractivity contribution in [2.24, 2.45) is 0 Å². The first-order valence-electron chi connectivity index (χ1n) is 20.6. The van der Waals surface area contributed by atoms with Crippen molar-refractivity contribution >= 4 is 49.6 Å². The summed E-state index contributed by atoms with van der Waals surface area (Å²) >= 11 is 0. The summed E-state index contributed by atoms with van der Waals surface area (Å²) in [6, 6.07) is 87.9. The molecule has 10 aromatic carbocycles. The van der Waals surface area contributed by atoms with Crippen LogP contribution in [-0.2, 0) is 0 Å². The number of fused-ring (bicyclic) bond motifs is 4. The van der Waals surface area contributed by atoms with Gasteiger partial charge in [0, 0.05) is 33.4 Å². The van der Waals surface area contributed by atoms with E-state index >= 15 is 0 Å². The molecule has 0 N–H and O–H groups in total. The van der Waals surface area contributed by atoms with E-state index in [9.17, 15) is 0 Å². The molecule has 0 saturated heterocycles. The third kappa shape index (κ3) is 6.23. The van der Waals surface area contributed by atoms with Crippen molar-refractivity contribution in [3.63, 3.8) is 0 Å². The van der Waals surface area contributed by atoms with E-state index in [2.05, 4.69) is 252 Å². The summed E-state index contributed by atoms with van der Waals surface area (Å²) in [5.74, 6) is 0. The van der Waals surface area contributed by atoms with Gasteiger partial charge in [0.1, 0.15) is 0 Å². The number of anilines is 3. The van der Waals surface area contributed by atoms with Crippen LogP contribution in [0.25, 0.3) is 82.8 Å². The minimum Gasteiger partial charge on any atom is -0.310 e. The van der Waals surface area contributed by atoms with Crippen LogP contribution in [0.1, 0.15) is 0 Å². The fourth-order valence-corrected chi connectivity index (χ4v) is 8.99. The van der Waals surface area contributed by atoms with E-state index in [4.69, 9.17) is 0 Å². The van der Waals surface area contributed by atoms with Crippen molar-refractivity contribution < 1.29 is 0 Å². The van der Waals surface area contributed by atoms with Crippen LogP contribution < -0.4 is 4.90 Å². The van der Waals surface area contributed by atoms with E-state index in [1.165, 1.54) is 66.0 Å². The third-order valence-corrected chi connectivity index (χ3v) is 11.8. The molecule has 0 saturated carbocycles. The Morgan fingerprint density at radius 2 is 0.800 bits per heavy atom. The lowest BCUT2D eigenvalue weighted by Crippen LogP contribution is -2.11. The molecule has 0 fully saturated rings. The molecule has 11 rings (SSSR count). The predicted molar refractivity (Wildman–Crippen MR) is 255 cm³/mol. The summed E-state index contributed by atoms with van der Waals surface area (Å²) in [6.45, 7) is 0. The summed E-state index contributed by atoms with van der Waals surface area (Å²) in [4.78, 5) is 2.44. The molecule has 0 atom stereocenters. The van der Waals surface area contributed by atoms with Gasteiger partial charge in [-0.3, -0.25) is 0 Å². The molecule has 2 heteroatoms. The smallest absolute Gasteiger partial charge is 0.0561 e. The summed E-state index contributed by atoms with van der Waals surface area (Å²) in [5, 5.41) is 4.92. The first-order valence-corrected chi connectivity index (χ1v) is 20.6. The quantitative estimate of drug-likeness (QED) is 0.150. The van der Waals surface area contributed by atoms with Crippen molar-refractivity contribution in [3.8, 4) is 50.2 Å². The summed E-state index contributed by atoms with van der Waals surface area (Å²) in [7, 11) is 0. The molecule has 1 heterocycles. The average molecular weight is 765 g/mol. The minimum atomic E-state index is 1.08. The van der Waals surface area contributed by atoms with Crippen molar-refractivity contribution in [2.75, 3.05) is 4.90 Å². The Morgan fingerprint density at radius 1 is 0.300 bits per heavy atom. The first-order chi connectivity index (χ1) is 29.8. The molecule has 0 aliphatic rings. The van der Waals surface area contributed by atoms with Gasteiger partial charge in [-0.2, -0.15) is 0 Å². The number of benzene rings is 10. The van der Waals surface area contributed by atoms with E-state index < -0.39 is 0 Å².